The number of nitrogens with one attached hydrogen (secondary N) is 1. The minimum absolute atomic E-state index is 0.190. The number of aryl methyl sites for hydroxylation is 1. The molecule has 4 rings (SSSR count). The molecule has 1 amide bonds. The lowest BCUT2D eigenvalue weighted by Crippen LogP contribution is -2.23. The standard InChI is InChI=1S/C22H18ClN3O3S/c1-13-20(21(28)24-11-15-6-3-4-9-17(15)23)30-22-25-12-18(26(13)22)19(27)14-7-5-8-16(10-14)29-2/h3-10,12H,11H2,1-2H3,(H,24,28). The Morgan fingerprint density at radius 1 is 1.20 bits per heavy atom. The number of hydrogen-bond donors (Lipinski definition) is 1. The van der Waals surface area contributed by atoms with Crippen LogP contribution in [-0.4, -0.2) is 28.2 Å². The van der Waals surface area contributed by atoms with Crippen LogP contribution >= 0.6 is 22.9 Å². The molecule has 0 radical (unpaired) electrons. The number of amides is 1. The summed E-state index contributed by atoms with van der Waals surface area (Å²) in [7, 11) is 1.55. The predicted octanol–water partition coefficient (Wildman–Crippen LogP) is 4.53. The van der Waals surface area contributed by atoms with Crippen molar-refractivity contribution in [2.24, 2.45) is 0 Å². The number of nitrogens with zero attached hydrogens (tertiary/aromatic N) is 2. The van der Waals surface area contributed by atoms with Gasteiger partial charge in [0.1, 0.15) is 16.3 Å². The van der Waals surface area contributed by atoms with Gasteiger partial charge in [0, 0.05) is 22.8 Å². The van der Waals surface area contributed by atoms with Crippen molar-refractivity contribution < 1.29 is 14.3 Å². The van der Waals surface area contributed by atoms with Gasteiger partial charge in [-0.25, -0.2) is 4.98 Å². The molecule has 6 nitrogen and oxygen atoms in total. The molecule has 0 spiro atoms. The Labute approximate surface area is 182 Å². The summed E-state index contributed by atoms with van der Waals surface area (Å²) in [6.07, 6.45) is 1.53. The van der Waals surface area contributed by atoms with Crippen LogP contribution < -0.4 is 10.1 Å². The van der Waals surface area contributed by atoms with Crippen LogP contribution in [0.1, 0.15) is 37.0 Å². The molecule has 0 bridgehead atoms. The maximum absolute atomic E-state index is 13.0. The summed E-state index contributed by atoms with van der Waals surface area (Å²) in [5.41, 5.74) is 2.39. The van der Waals surface area contributed by atoms with Crippen LogP contribution in [-0.2, 0) is 6.54 Å². The number of rotatable bonds is 6. The van der Waals surface area contributed by atoms with E-state index >= 15 is 0 Å². The molecule has 1 N–H and O–H groups in total. The lowest BCUT2D eigenvalue weighted by Gasteiger charge is -2.07. The fraction of sp³-hybridized carbons (Fsp3) is 0.136. The molecule has 0 saturated carbocycles. The van der Waals surface area contributed by atoms with Crippen molar-refractivity contribution in [3.63, 3.8) is 0 Å². The number of ketones is 1. The van der Waals surface area contributed by atoms with Gasteiger partial charge in [-0.2, -0.15) is 0 Å². The number of carbonyl (C=O) groups excluding carboxylic acids is 2. The van der Waals surface area contributed by atoms with Crippen LogP contribution in [0.4, 0.5) is 0 Å². The van der Waals surface area contributed by atoms with Gasteiger partial charge < -0.3 is 10.1 Å². The van der Waals surface area contributed by atoms with Crippen molar-refractivity contribution in [2.75, 3.05) is 7.11 Å². The zero-order valence-electron chi connectivity index (χ0n) is 16.3. The Bertz CT molecular complexity index is 1260. The second kappa shape index (κ2) is 8.30. The van der Waals surface area contributed by atoms with Gasteiger partial charge >= 0.3 is 0 Å². The number of hydrogen-bond acceptors (Lipinski definition) is 5. The van der Waals surface area contributed by atoms with Crippen LogP contribution in [0, 0.1) is 6.92 Å². The molecule has 152 valence electrons. The van der Waals surface area contributed by atoms with Crippen LogP contribution in [0.25, 0.3) is 4.96 Å². The number of thiazole rings is 1. The third-order valence-electron chi connectivity index (χ3n) is 4.75. The number of halogens is 1. The largest absolute Gasteiger partial charge is 0.497 e. The minimum Gasteiger partial charge on any atom is -0.497 e. The highest BCUT2D eigenvalue weighted by molar-refractivity contribution is 7.19. The molecular weight excluding hydrogens is 422 g/mol. The second-order valence-corrected chi connectivity index (χ2v) is 8.00. The predicted molar refractivity (Wildman–Crippen MR) is 117 cm³/mol. The average Bonchev–Trinajstić information content (AvgIpc) is 3.33. The monoisotopic (exact) mass is 439 g/mol. The fourth-order valence-electron chi connectivity index (χ4n) is 3.18. The number of aromatic nitrogens is 2. The van der Waals surface area contributed by atoms with E-state index in [1.165, 1.54) is 17.5 Å². The first-order valence-corrected chi connectivity index (χ1v) is 10.4. The number of ether oxygens (including phenoxy) is 1. The average molecular weight is 440 g/mol. The summed E-state index contributed by atoms with van der Waals surface area (Å²) in [5.74, 6) is 0.177. The molecule has 2 aromatic heterocycles. The zero-order chi connectivity index (χ0) is 21.3. The van der Waals surface area contributed by atoms with E-state index < -0.39 is 0 Å². The molecule has 0 aliphatic rings. The topological polar surface area (TPSA) is 72.7 Å². The third-order valence-corrected chi connectivity index (χ3v) is 6.28. The first kappa shape index (κ1) is 20.1. The highest BCUT2D eigenvalue weighted by atomic mass is 35.5. The van der Waals surface area contributed by atoms with Crippen molar-refractivity contribution in [3.05, 3.63) is 87.1 Å². The Morgan fingerprint density at radius 3 is 2.77 bits per heavy atom. The molecule has 30 heavy (non-hydrogen) atoms. The second-order valence-electron chi connectivity index (χ2n) is 6.61. The van der Waals surface area contributed by atoms with Crippen LogP contribution in [0.5, 0.6) is 5.75 Å². The van der Waals surface area contributed by atoms with Gasteiger partial charge in [-0.1, -0.05) is 53.3 Å². The molecule has 0 aliphatic heterocycles. The Hall–Kier alpha value is -3.16. The Balaban J connectivity index is 1.62. The first-order chi connectivity index (χ1) is 14.5. The molecule has 0 saturated heterocycles. The molecular formula is C22H18ClN3O3S. The highest BCUT2D eigenvalue weighted by Crippen LogP contribution is 2.26. The van der Waals surface area contributed by atoms with Crippen molar-refractivity contribution in [1.29, 1.82) is 0 Å². The molecule has 0 fully saturated rings. The summed E-state index contributed by atoms with van der Waals surface area (Å²) in [6.45, 7) is 2.12. The summed E-state index contributed by atoms with van der Waals surface area (Å²) < 4.78 is 6.93. The Kier molecular flexibility index (Phi) is 5.57. The van der Waals surface area contributed by atoms with E-state index in [1.54, 1.807) is 48.8 Å². The lowest BCUT2D eigenvalue weighted by atomic mass is 10.1. The number of fused-ring (bicyclic) bond motifs is 1. The van der Waals surface area contributed by atoms with Crippen molar-refractivity contribution in [1.82, 2.24) is 14.7 Å². The highest BCUT2D eigenvalue weighted by Gasteiger charge is 2.22. The van der Waals surface area contributed by atoms with E-state index in [-0.39, 0.29) is 11.7 Å². The van der Waals surface area contributed by atoms with E-state index in [2.05, 4.69) is 10.3 Å². The maximum atomic E-state index is 13.0. The quantitative estimate of drug-likeness (QED) is 0.448. The number of methoxy groups -OCH3 is 1. The smallest absolute Gasteiger partial charge is 0.263 e. The molecule has 0 aliphatic carbocycles. The fourth-order valence-corrected chi connectivity index (χ4v) is 4.40. The van der Waals surface area contributed by atoms with E-state index in [4.69, 9.17) is 16.3 Å². The van der Waals surface area contributed by atoms with E-state index in [9.17, 15) is 9.59 Å². The number of carbonyl (C=O) groups is 2. The first-order valence-electron chi connectivity index (χ1n) is 9.16. The van der Waals surface area contributed by atoms with Crippen LogP contribution in [0.2, 0.25) is 5.02 Å². The summed E-state index contributed by atoms with van der Waals surface area (Å²) in [6, 6.07) is 14.3. The molecule has 4 aromatic rings. The molecule has 0 unspecified atom stereocenters. The zero-order valence-corrected chi connectivity index (χ0v) is 17.9. The van der Waals surface area contributed by atoms with Gasteiger partial charge in [0.15, 0.2) is 4.96 Å². The Morgan fingerprint density at radius 2 is 2.00 bits per heavy atom. The van der Waals surface area contributed by atoms with Crippen LogP contribution in [0.3, 0.4) is 0 Å². The van der Waals surface area contributed by atoms with Crippen molar-refractivity contribution >= 4 is 39.6 Å². The third kappa shape index (κ3) is 3.69. The normalized spacial score (nSPS) is 10.9. The van der Waals surface area contributed by atoms with E-state index in [0.29, 0.717) is 44.1 Å². The summed E-state index contributed by atoms with van der Waals surface area (Å²) in [4.78, 5) is 31.2. The SMILES string of the molecule is COc1cccc(C(=O)c2cnc3sc(C(=O)NCc4ccccc4Cl)c(C)n23)c1. The van der Waals surface area contributed by atoms with Gasteiger partial charge in [0.2, 0.25) is 5.78 Å². The van der Waals surface area contributed by atoms with E-state index in [0.717, 1.165) is 5.56 Å². The van der Waals surface area contributed by atoms with Gasteiger partial charge in [-0.15, -0.1) is 0 Å². The molecule has 8 heteroatoms. The molecule has 2 aromatic carbocycles. The number of imidazole rings is 1. The van der Waals surface area contributed by atoms with Gasteiger partial charge in [-0.3, -0.25) is 14.0 Å². The summed E-state index contributed by atoms with van der Waals surface area (Å²) in [5, 5.41) is 3.49. The van der Waals surface area contributed by atoms with Gasteiger partial charge in [-0.05, 0) is 30.7 Å². The van der Waals surface area contributed by atoms with Crippen LogP contribution in [0.15, 0.2) is 54.7 Å². The maximum Gasteiger partial charge on any atom is 0.263 e. The van der Waals surface area contributed by atoms with Gasteiger partial charge in [0.05, 0.1) is 13.3 Å². The van der Waals surface area contributed by atoms with Crippen molar-refractivity contribution in [3.8, 4) is 5.75 Å². The molecule has 2 heterocycles. The number of benzene rings is 2. The summed E-state index contributed by atoms with van der Waals surface area (Å²) >= 11 is 7.40. The minimum atomic E-state index is -0.234. The lowest BCUT2D eigenvalue weighted by molar-refractivity contribution is 0.0952. The van der Waals surface area contributed by atoms with Gasteiger partial charge in [0.25, 0.3) is 5.91 Å². The molecule has 0 atom stereocenters. The van der Waals surface area contributed by atoms with Crippen molar-refractivity contribution in [2.45, 2.75) is 13.5 Å². The van der Waals surface area contributed by atoms with E-state index in [1.807, 2.05) is 18.2 Å².